The molecule has 12 atom stereocenters. The first-order chi connectivity index (χ1) is 33.8. The fraction of sp³-hybridized carbons (Fsp3) is 0.968. The quantitative estimate of drug-likeness (QED) is 0.0713. The van der Waals surface area contributed by atoms with E-state index < -0.39 is 0 Å². The van der Waals surface area contributed by atoms with Gasteiger partial charge in [-0.25, -0.2) is 0 Å². The van der Waals surface area contributed by atoms with Crippen LogP contribution in [-0.2, 0) is 9.59 Å². The van der Waals surface area contributed by atoms with Crippen molar-refractivity contribution in [2.24, 2.45) is 75.9 Å². The highest BCUT2D eigenvalue weighted by atomic mass is 16.3. The molecule has 3 N–H and O–H groups in total. The van der Waals surface area contributed by atoms with Crippen LogP contribution in [0.2, 0.25) is 0 Å². The summed E-state index contributed by atoms with van der Waals surface area (Å²) in [6.07, 6.45) is 39.9. The van der Waals surface area contributed by atoms with Crippen LogP contribution in [0.25, 0.3) is 0 Å². The van der Waals surface area contributed by atoms with Gasteiger partial charge in [-0.15, -0.1) is 0 Å². The Bertz CT molecular complexity index is 1590. The summed E-state index contributed by atoms with van der Waals surface area (Å²) in [6.45, 7) is 18.4. The molecule has 8 saturated carbocycles. The fourth-order valence-corrected chi connectivity index (χ4v) is 19.4. The number of amides is 2. The summed E-state index contributed by atoms with van der Waals surface area (Å²) in [5.41, 5.74) is 0.354. The van der Waals surface area contributed by atoms with Crippen LogP contribution in [-0.4, -0.2) is 81.8 Å². The van der Waals surface area contributed by atoms with Crippen molar-refractivity contribution in [3.8, 4) is 0 Å². The number of carbonyl (C=O) groups is 2. The fourth-order valence-electron chi connectivity index (χ4n) is 19.4. The predicted molar refractivity (Wildman–Crippen MR) is 289 cm³/mol. The van der Waals surface area contributed by atoms with Gasteiger partial charge < -0.3 is 25.3 Å². The van der Waals surface area contributed by atoms with Crippen molar-refractivity contribution in [2.75, 3.05) is 26.2 Å². The minimum Gasteiger partial charge on any atom is -0.393 e. The molecule has 1 heterocycles. The van der Waals surface area contributed by atoms with Crippen LogP contribution < -0.4 is 5.32 Å². The number of likely N-dealkylation sites (tertiary alicyclic amines) is 1. The number of carbonyl (C=O) groups excluding carboxylic acids is 2. The molecule has 4 bridgehead atoms. The summed E-state index contributed by atoms with van der Waals surface area (Å²) in [6, 6.07) is -0.372. The molecule has 9 fully saturated rings. The third-order valence-corrected chi connectivity index (χ3v) is 23.0. The van der Waals surface area contributed by atoms with E-state index in [2.05, 4.69) is 56.7 Å². The Kier molecular flexibility index (Phi) is 19.8. The molecule has 2 amide bonds. The second-order valence-electron chi connectivity index (χ2n) is 27.6. The average Bonchev–Trinajstić information content (AvgIpc) is 3.69. The zero-order valence-electron chi connectivity index (χ0n) is 46.6. The maximum absolute atomic E-state index is 15.7. The van der Waals surface area contributed by atoms with E-state index in [1.807, 2.05) is 0 Å². The first-order valence-electron chi connectivity index (χ1n) is 31.5. The molecule has 0 radical (unpaired) electrons. The standard InChI is InChI=1S/C63H111N3O4/c1-7-10-12-14-16-17-19-21-23-46(22-20-18-15-13-11-8-2)44-66(59(50-30-34-65(9-3)35-31-50)60(70)64-63-41-47-36-48(42-63)38-49(37-47)43-63)57(69)27-24-45(4)53-25-26-54-58-55(29-33-62(53,54)6)61(5)32-28-52(67)39-51(61)40-56(58)68/h45-56,58-59,67-68H,7-44H2,1-6H3,(H,64,70)/t45-,46?,47?,48?,49?,51+,52-,53-,54?,55+,56-,58+,59?,61+,62-,63?/m1/s1. The number of hydrogen-bond donors (Lipinski definition) is 3. The Labute approximate surface area is 430 Å². The molecule has 1 saturated heterocycles. The number of hydrogen-bond acceptors (Lipinski definition) is 5. The van der Waals surface area contributed by atoms with Gasteiger partial charge in [-0.05, 0) is 218 Å². The number of aliphatic hydroxyl groups is 2. The second kappa shape index (κ2) is 25.1. The van der Waals surface area contributed by atoms with E-state index in [4.69, 9.17) is 0 Å². The third-order valence-electron chi connectivity index (χ3n) is 23.0. The van der Waals surface area contributed by atoms with Gasteiger partial charge in [0.15, 0.2) is 0 Å². The molecule has 9 rings (SSSR count). The SMILES string of the molecule is CCCCCCCCCCC(CCCCCCCC)CN(C(=O)CC[C@@H](C)[C@H]1CCC2[C@@H]3[C@H](O)C[C@@H]4C[C@H](O)CC[C@]4(C)[C@H]3CC[C@@]21C)C(C(=O)NC12CC3CC(CC(C3)C1)C2)C1CCN(CC)CC1. The van der Waals surface area contributed by atoms with Gasteiger partial charge in [0, 0.05) is 18.5 Å². The first-order valence-corrected chi connectivity index (χ1v) is 31.5. The summed E-state index contributed by atoms with van der Waals surface area (Å²) in [7, 11) is 0. The lowest BCUT2D eigenvalue weighted by molar-refractivity contribution is -0.174. The normalized spacial score (nSPS) is 38.4. The predicted octanol–water partition coefficient (Wildman–Crippen LogP) is 14.3. The van der Waals surface area contributed by atoms with Gasteiger partial charge in [-0.1, -0.05) is 131 Å². The van der Waals surface area contributed by atoms with E-state index in [0.29, 0.717) is 47.8 Å². The lowest BCUT2D eigenvalue weighted by Gasteiger charge is -2.62. The lowest BCUT2D eigenvalue weighted by atomic mass is 9.43. The number of nitrogens with one attached hydrogen (secondary N) is 1. The van der Waals surface area contributed by atoms with Crippen LogP contribution in [0.15, 0.2) is 0 Å². The average molecular weight is 975 g/mol. The summed E-state index contributed by atoms with van der Waals surface area (Å²) in [4.78, 5) is 36.2. The van der Waals surface area contributed by atoms with E-state index in [1.54, 1.807) is 0 Å². The van der Waals surface area contributed by atoms with Gasteiger partial charge >= 0.3 is 0 Å². The van der Waals surface area contributed by atoms with Crippen molar-refractivity contribution < 1.29 is 19.8 Å². The van der Waals surface area contributed by atoms with Gasteiger partial charge in [0.1, 0.15) is 6.04 Å². The molecule has 0 aromatic rings. The van der Waals surface area contributed by atoms with Crippen LogP contribution in [0.5, 0.6) is 0 Å². The molecule has 0 spiro atoms. The van der Waals surface area contributed by atoms with Crippen molar-refractivity contribution >= 4 is 11.8 Å². The Morgan fingerprint density at radius 3 is 1.80 bits per heavy atom. The molecule has 0 aromatic carbocycles. The van der Waals surface area contributed by atoms with Crippen molar-refractivity contribution in [2.45, 2.75) is 284 Å². The number of nitrogens with zero attached hydrogens (tertiary/aromatic N) is 2. The van der Waals surface area contributed by atoms with E-state index in [0.717, 1.165) is 108 Å². The van der Waals surface area contributed by atoms with E-state index in [1.165, 1.54) is 148 Å². The van der Waals surface area contributed by atoms with Crippen LogP contribution in [0.4, 0.5) is 0 Å². The Balaban J connectivity index is 1.01. The number of rotatable bonds is 27. The number of piperidine rings is 1. The highest BCUT2D eigenvalue weighted by Gasteiger charge is 2.63. The third kappa shape index (κ3) is 12.7. The van der Waals surface area contributed by atoms with Gasteiger partial charge in [-0.2, -0.15) is 0 Å². The molecule has 8 aliphatic carbocycles. The number of fused-ring (bicyclic) bond motifs is 5. The van der Waals surface area contributed by atoms with E-state index in [9.17, 15) is 10.2 Å². The number of unbranched alkanes of at least 4 members (excludes halogenated alkanes) is 12. The zero-order valence-corrected chi connectivity index (χ0v) is 46.6. The highest BCUT2D eigenvalue weighted by Crippen LogP contribution is 2.68. The maximum Gasteiger partial charge on any atom is 0.243 e. The maximum atomic E-state index is 15.7. The minimum atomic E-state index is -0.372. The molecular formula is C63H111N3O4. The van der Waals surface area contributed by atoms with Crippen LogP contribution in [0.1, 0.15) is 260 Å². The molecule has 3 unspecified atom stereocenters. The van der Waals surface area contributed by atoms with E-state index in [-0.39, 0.29) is 52.4 Å². The minimum absolute atomic E-state index is 0.0671. The van der Waals surface area contributed by atoms with Crippen molar-refractivity contribution in [1.82, 2.24) is 15.1 Å². The van der Waals surface area contributed by atoms with Crippen LogP contribution >= 0.6 is 0 Å². The van der Waals surface area contributed by atoms with Crippen molar-refractivity contribution in [3.63, 3.8) is 0 Å². The highest BCUT2D eigenvalue weighted by molar-refractivity contribution is 5.88. The van der Waals surface area contributed by atoms with Gasteiger partial charge in [-0.3, -0.25) is 9.59 Å². The summed E-state index contributed by atoms with van der Waals surface area (Å²) in [5, 5.41) is 26.6. The van der Waals surface area contributed by atoms with E-state index >= 15 is 9.59 Å². The Morgan fingerprint density at radius 1 is 0.657 bits per heavy atom. The van der Waals surface area contributed by atoms with Crippen molar-refractivity contribution in [3.05, 3.63) is 0 Å². The molecule has 0 aromatic heterocycles. The zero-order chi connectivity index (χ0) is 49.5. The Hall–Kier alpha value is -1.18. The molecule has 70 heavy (non-hydrogen) atoms. The smallest absolute Gasteiger partial charge is 0.243 e. The summed E-state index contributed by atoms with van der Waals surface area (Å²) >= 11 is 0. The van der Waals surface area contributed by atoms with Gasteiger partial charge in [0.25, 0.3) is 0 Å². The van der Waals surface area contributed by atoms with Crippen LogP contribution in [0, 0.1) is 75.9 Å². The number of aliphatic hydroxyl groups excluding tert-OH is 2. The molecule has 9 aliphatic rings. The molecular weight excluding hydrogens is 863 g/mol. The largest absolute Gasteiger partial charge is 0.393 e. The van der Waals surface area contributed by atoms with Gasteiger partial charge in [0.05, 0.1) is 12.2 Å². The summed E-state index contributed by atoms with van der Waals surface area (Å²) in [5.74, 6) is 6.29. The molecule has 1 aliphatic heterocycles. The molecule has 7 nitrogen and oxygen atoms in total. The lowest BCUT2D eigenvalue weighted by Crippen LogP contribution is -2.64. The van der Waals surface area contributed by atoms with Gasteiger partial charge in [0.2, 0.25) is 11.8 Å². The monoisotopic (exact) mass is 974 g/mol. The molecule has 402 valence electrons. The first kappa shape index (κ1) is 55.1. The Morgan fingerprint density at radius 2 is 1.21 bits per heavy atom. The van der Waals surface area contributed by atoms with Crippen molar-refractivity contribution in [1.29, 1.82) is 0 Å². The second-order valence-corrected chi connectivity index (χ2v) is 27.6. The topological polar surface area (TPSA) is 93.1 Å². The summed E-state index contributed by atoms with van der Waals surface area (Å²) < 4.78 is 0. The molecule has 7 heteroatoms. The van der Waals surface area contributed by atoms with Crippen LogP contribution in [0.3, 0.4) is 0 Å².